The van der Waals surface area contributed by atoms with Crippen LogP contribution in [0.4, 0.5) is 0 Å². The van der Waals surface area contributed by atoms with Crippen molar-refractivity contribution < 1.29 is 9.53 Å². The molecule has 5 nitrogen and oxygen atoms in total. The van der Waals surface area contributed by atoms with Crippen molar-refractivity contribution in [1.82, 2.24) is 10.2 Å². The number of ether oxygens (including phenoxy) is 1. The molecule has 0 atom stereocenters. The van der Waals surface area contributed by atoms with Crippen LogP contribution in [0.5, 0.6) is 0 Å². The lowest BCUT2D eigenvalue weighted by Crippen LogP contribution is -2.39. The van der Waals surface area contributed by atoms with E-state index < -0.39 is 0 Å². The molecule has 0 bridgehead atoms. The van der Waals surface area contributed by atoms with Crippen molar-refractivity contribution in [2.75, 3.05) is 46.4 Å². The zero-order valence-corrected chi connectivity index (χ0v) is 10.5. The van der Waals surface area contributed by atoms with E-state index in [1.165, 1.54) is 0 Å². The van der Waals surface area contributed by atoms with E-state index in [1.54, 1.807) is 7.11 Å². The lowest BCUT2D eigenvalue weighted by molar-refractivity contribution is -0.122. The van der Waals surface area contributed by atoms with Crippen molar-refractivity contribution in [2.45, 2.75) is 19.8 Å². The van der Waals surface area contributed by atoms with Crippen molar-refractivity contribution in [3.63, 3.8) is 0 Å². The number of carbonyl (C=O) groups is 1. The van der Waals surface area contributed by atoms with E-state index in [2.05, 4.69) is 17.1 Å². The molecule has 3 N–H and O–H groups in total. The van der Waals surface area contributed by atoms with Crippen molar-refractivity contribution in [1.29, 1.82) is 0 Å². The Hall–Kier alpha value is -0.650. The zero-order chi connectivity index (χ0) is 12.2. The van der Waals surface area contributed by atoms with E-state index in [0.29, 0.717) is 26.2 Å². The monoisotopic (exact) mass is 231 g/mol. The molecule has 0 spiro atoms. The van der Waals surface area contributed by atoms with Crippen molar-refractivity contribution >= 4 is 5.91 Å². The third-order valence-electron chi connectivity index (χ3n) is 2.21. The van der Waals surface area contributed by atoms with Gasteiger partial charge in [-0.1, -0.05) is 6.92 Å². The topological polar surface area (TPSA) is 67.6 Å². The fourth-order valence-corrected chi connectivity index (χ4v) is 1.45. The predicted molar refractivity (Wildman–Crippen MR) is 65.3 cm³/mol. The van der Waals surface area contributed by atoms with Gasteiger partial charge in [0.05, 0.1) is 13.2 Å². The standard InChI is InChI=1S/C11H25N3O2/c1-3-7-14(8-4-5-12)10-11(15)13-6-9-16-2/h3-10,12H2,1-2H3,(H,13,15). The second-order valence-corrected chi connectivity index (χ2v) is 3.76. The Balaban J connectivity index is 3.73. The summed E-state index contributed by atoms with van der Waals surface area (Å²) in [4.78, 5) is 13.7. The minimum atomic E-state index is 0.0579. The average molecular weight is 231 g/mol. The summed E-state index contributed by atoms with van der Waals surface area (Å²) in [7, 11) is 1.62. The Kier molecular flexibility index (Phi) is 10.4. The smallest absolute Gasteiger partial charge is 0.234 e. The van der Waals surface area contributed by atoms with Gasteiger partial charge >= 0.3 is 0 Å². The number of carbonyl (C=O) groups excluding carboxylic acids is 1. The first-order valence-corrected chi connectivity index (χ1v) is 5.92. The molecule has 1 amide bonds. The van der Waals surface area contributed by atoms with Crippen LogP contribution in [0.3, 0.4) is 0 Å². The number of rotatable bonds is 10. The number of hydrogen-bond acceptors (Lipinski definition) is 4. The van der Waals surface area contributed by atoms with E-state index in [9.17, 15) is 4.79 Å². The van der Waals surface area contributed by atoms with Gasteiger partial charge < -0.3 is 15.8 Å². The van der Waals surface area contributed by atoms with Gasteiger partial charge in [0.1, 0.15) is 0 Å². The van der Waals surface area contributed by atoms with Gasteiger partial charge in [-0.05, 0) is 32.5 Å². The van der Waals surface area contributed by atoms with Crippen LogP contribution in [0.1, 0.15) is 19.8 Å². The highest BCUT2D eigenvalue weighted by atomic mass is 16.5. The summed E-state index contributed by atoms with van der Waals surface area (Å²) in [6.45, 7) is 6.20. The van der Waals surface area contributed by atoms with Crippen LogP contribution in [0.25, 0.3) is 0 Å². The number of nitrogens with two attached hydrogens (primary N) is 1. The SMILES string of the molecule is CCCN(CCCN)CC(=O)NCCOC. The maximum absolute atomic E-state index is 11.5. The maximum atomic E-state index is 11.5. The van der Waals surface area contributed by atoms with E-state index >= 15 is 0 Å². The number of methoxy groups -OCH3 is 1. The van der Waals surface area contributed by atoms with Crippen LogP contribution in [0, 0.1) is 0 Å². The lowest BCUT2D eigenvalue weighted by Gasteiger charge is -2.20. The van der Waals surface area contributed by atoms with Crippen LogP contribution in [-0.2, 0) is 9.53 Å². The molecule has 0 aliphatic carbocycles. The molecule has 0 rings (SSSR count). The summed E-state index contributed by atoms with van der Waals surface area (Å²) in [5, 5.41) is 2.81. The van der Waals surface area contributed by atoms with E-state index in [1.807, 2.05) is 0 Å². The molecule has 0 aromatic heterocycles. The van der Waals surface area contributed by atoms with Crippen molar-refractivity contribution in [2.24, 2.45) is 5.73 Å². The Bertz CT molecular complexity index is 177. The Labute approximate surface area is 98.3 Å². The molecule has 0 saturated carbocycles. The summed E-state index contributed by atoms with van der Waals surface area (Å²) < 4.78 is 4.86. The highest BCUT2D eigenvalue weighted by Crippen LogP contribution is 1.93. The Morgan fingerprint density at radius 1 is 1.44 bits per heavy atom. The van der Waals surface area contributed by atoms with Crippen LogP contribution in [0.15, 0.2) is 0 Å². The van der Waals surface area contributed by atoms with Gasteiger partial charge in [-0.15, -0.1) is 0 Å². The first kappa shape index (κ1) is 15.3. The second kappa shape index (κ2) is 10.9. The van der Waals surface area contributed by atoms with Gasteiger partial charge in [0.25, 0.3) is 0 Å². The van der Waals surface area contributed by atoms with Crippen LogP contribution in [0.2, 0.25) is 0 Å². The first-order valence-electron chi connectivity index (χ1n) is 5.92. The minimum Gasteiger partial charge on any atom is -0.383 e. The summed E-state index contributed by atoms with van der Waals surface area (Å²) >= 11 is 0. The van der Waals surface area contributed by atoms with Gasteiger partial charge in [0, 0.05) is 13.7 Å². The quantitative estimate of drug-likeness (QED) is 0.511. The van der Waals surface area contributed by atoms with Gasteiger partial charge in [0.15, 0.2) is 0 Å². The predicted octanol–water partition coefficient (Wildman–Crippen LogP) is -0.190. The van der Waals surface area contributed by atoms with Crippen molar-refractivity contribution in [3.8, 4) is 0 Å². The fraction of sp³-hybridized carbons (Fsp3) is 0.909. The second-order valence-electron chi connectivity index (χ2n) is 3.76. The third kappa shape index (κ3) is 8.64. The molecule has 0 fully saturated rings. The molecule has 0 aromatic rings. The number of amides is 1. The van der Waals surface area contributed by atoms with Crippen LogP contribution in [-0.4, -0.2) is 57.2 Å². The lowest BCUT2D eigenvalue weighted by atomic mass is 10.3. The molecule has 0 heterocycles. The van der Waals surface area contributed by atoms with E-state index in [4.69, 9.17) is 10.5 Å². The maximum Gasteiger partial charge on any atom is 0.234 e. The van der Waals surface area contributed by atoms with E-state index in [0.717, 1.165) is 25.9 Å². The average Bonchev–Trinajstić information content (AvgIpc) is 2.26. The highest BCUT2D eigenvalue weighted by molar-refractivity contribution is 5.77. The van der Waals surface area contributed by atoms with Crippen LogP contribution >= 0.6 is 0 Å². The molecule has 0 aromatic carbocycles. The summed E-state index contributed by atoms with van der Waals surface area (Å²) in [5.41, 5.74) is 5.46. The minimum absolute atomic E-state index is 0.0579. The normalized spacial score (nSPS) is 10.8. The molecule has 0 saturated heterocycles. The fourth-order valence-electron chi connectivity index (χ4n) is 1.45. The van der Waals surface area contributed by atoms with E-state index in [-0.39, 0.29) is 5.91 Å². The Morgan fingerprint density at radius 2 is 2.19 bits per heavy atom. The molecule has 16 heavy (non-hydrogen) atoms. The molecule has 5 heteroatoms. The van der Waals surface area contributed by atoms with Crippen LogP contribution < -0.4 is 11.1 Å². The number of nitrogens with zero attached hydrogens (tertiary/aromatic N) is 1. The molecule has 0 radical (unpaired) electrons. The van der Waals surface area contributed by atoms with Crippen molar-refractivity contribution in [3.05, 3.63) is 0 Å². The molecular weight excluding hydrogens is 206 g/mol. The van der Waals surface area contributed by atoms with Gasteiger partial charge in [-0.2, -0.15) is 0 Å². The first-order chi connectivity index (χ1) is 7.74. The van der Waals surface area contributed by atoms with Gasteiger partial charge in [0.2, 0.25) is 5.91 Å². The third-order valence-corrected chi connectivity index (χ3v) is 2.21. The summed E-state index contributed by atoms with van der Waals surface area (Å²) in [6.07, 6.45) is 1.99. The molecule has 96 valence electrons. The van der Waals surface area contributed by atoms with Gasteiger partial charge in [-0.25, -0.2) is 0 Å². The molecule has 0 aliphatic heterocycles. The highest BCUT2D eigenvalue weighted by Gasteiger charge is 2.08. The zero-order valence-electron chi connectivity index (χ0n) is 10.5. The molecular formula is C11H25N3O2. The molecule has 0 aliphatic rings. The number of hydrogen-bond donors (Lipinski definition) is 2. The Morgan fingerprint density at radius 3 is 2.75 bits per heavy atom. The number of nitrogens with one attached hydrogen (secondary N) is 1. The molecule has 0 unspecified atom stereocenters. The summed E-state index contributed by atoms with van der Waals surface area (Å²) in [5.74, 6) is 0.0579. The van der Waals surface area contributed by atoms with Gasteiger partial charge in [-0.3, -0.25) is 9.69 Å². The summed E-state index contributed by atoms with van der Waals surface area (Å²) in [6, 6.07) is 0. The largest absolute Gasteiger partial charge is 0.383 e.